The molecule has 30 heavy (non-hydrogen) atoms. The normalized spacial score (nSPS) is 15.3. The highest BCUT2D eigenvalue weighted by Gasteiger charge is 2.29. The van der Waals surface area contributed by atoms with Crippen LogP contribution in [-0.4, -0.2) is 33.9 Å². The Morgan fingerprint density at radius 3 is 3.00 bits per heavy atom. The van der Waals surface area contributed by atoms with Crippen LogP contribution in [0.2, 0.25) is 0 Å². The van der Waals surface area contributed by atoms with Crippen molar-refractivity contribution in [3.8, 4) is 11.3 Å². The lowest BCUT2D eigenvalue weighted by Crippen LogP contribution is -2.21. The van der Waals surface area contributed by atoms with E-state index in [0.717, 1.165) is 41.2 Å². The number of ether oxygens (including phenoxy) is 1. The number of aromatic nitrogens is 4. The van der Waals surface area contributed by atoms with Gasteiger partial charge in [-0.05, 0) is 54.5 Å². The molecule has 4 rings (SSSR count). The summed E-state index contributed by atoms with van der Waals surface area (Å²) in [5.74, 6) is 0.821. The molecule has 6 heteroatoms. The third kappa shape index (κ3) is 4.76. The first-order valence-electron chi connectivity index (χ1n) is 10.4. The smallest absolute Gasteiger partial charge is 0.127 e. The fourth-order valence-electron chi connectivity index (χ4n) is 3.91. The molecule has 0 saturated carbocycles. The maximum atomic E-state index is 5.14. The Bertz CT molecular complexity index is 1020. The maximum absolute atomic E-state index is 5.14. The summed E-state index contributed by atoms with van der Waals surface area (Å²) in [6, 6.07) is 8.17. The van der Waals surface area contributed by atoms with Crippen LogP contribution in [0.5, 0.6) is 0 Å². The predicted molar refractivity (Wildman–Crippen MR) is 120 cm³/mol. The molecule has 0 saturated heterocycles. The fourth-order valence-corrected chi connectivity index (χ4v) is 3.91. The number of nitrogens with zero attached hydrogens (tertiary/aromatic N) is 3. The minimum absolute atomic E-state index is 0.319. The number of anilines is 1. The number of aromatic amines is 1. The predicted octanol–water partition coefficient (Wildman–Crippen LogP) is 4.65. The van der Waals surface area contributed by atoms with Crippen molar-refractivity contribution in [1.82, 2.24) is 20.2 Å². The number of rotatable bonds is 7. The molecule has 3 aromatic heterocycles. The minimum Gasteiger partial charge on any atom is -0.381 e. The van der Waals surface area contributed by atoms with Crippen molar-refractivity contribution in [1.29, 1.82) is 0 Å². The van der Waals surface area contributed by atoms with Crippen LogP contribution < -0.4 is 5.32 Å². The number of H-pyrrole nitrogens is 1. The van der Waals surface area contributed by atoms with E-state index in [1.54, 1.807) is 13.3 Å². The van der Waals surface area contributed by atoms with Crippen molar-refractivity contribution in [2.75, 3.05) is 19.0 Å². The van der Waals surface area contributed by atoms with Gasteiger partial charge in [0.1, 0.15) is 5.82 Å². The molecule has 1 aliphatic carbocycles. The quantitative estimate of drug-likeness (QED) is 0.600. The van der Waals surface area contributed by atoms with Crippen LogP contribution in [0.15, 0.2) is 42.7 Å². The molecule has 0 aromatic carbocycles. The summed E-state index contributed by atoms with van der Waals surface area (Å²) in [5.41, 5.74) is 7.03. The zero-order chi connectivity index (χ0) is 21.0. The Balaban J connectivity index is 1.65. The number of pyridine rings is 2. The van der Waals surface area contributed by atoms with E-state index in [1.807, 2.05) is 24.4 Å². The third-order valence-corrected chi connectivity index (χ3v) is 5.53. The molecule has 3 heterocycles. The zero-order valence-corrected chi connectivity index (χ0v) is 17.9. The minimum atomic E-state index is 0.319. The topological polar surface area (TPSA) is 75.7 Å². The second kappa shape index (κ2) is 8.79. The standard InChI is InChI=1S/C24H29N5O/c1-24(2)9-8-20-21(14-24)28-29-23(20)18-12-19(7-5-11-30-3)27-22(13-18)26-16-17-6-4-10-25-15-17/h4-7,10,12-13,15H,8-9,11,14,16H2,1-3H3,(H,26,27)(H,28,29)/b7-5+. The summed E-state index contributed by atoms with van der Waals surface area (Å²) >= 11 is 0. The van der Waals surface area contributed by atoms with E-state index in [9.17, 15) is 0 Å². The molecule has 0 fully saturated rings. The van der Waals surface area contributed by atoms with Gasteiger partial charge in [0.25, 0.3) is 0 Å². The van der Waals surface area contributed by atoms with Gasteiger partial charge in [-0.25, -0.2) is 4.98 Å². The van der Waals surface area contributed by atoms with Gasteiger partial charge in [0.15, 0.2) is 0 Å². The fraction of sp³-hybridized carbons (Fsp3) is 0.375. The molecule has 0 amide bonds. The van der Waals surface area contributed by atoms with Crippen molar-refractivity contribution < 1.29 is 4.74 Å². The average molecular weight is 404 g/mol. The molecule has 0 radical (unpaired) electrons. The summed E-state index contributed by atoms with van der Waals surface area (Å²) in [5, 5.41) is 11.4. The van der Waals surface area contributed by atoms with Crippen LogP contribution in [0.4, 0.5) is 5.82 Å². The van der Waals surface area contributed by atoms with Crippen LogP contribution in [0, 0.1) is 5.41 Å². The Kier molecular flexibility index (Phi) is 5.95. The molecule has 0 unspecified atom stereocenters. The summed E-state index contributed by atoms with van der Waals surface area (Å²) in [4.78, 5) is 8.94. The van der Waals surface area contributed by atoms with Gasteiger partial charge >= 0.3 is 0 Å². The SMILES string of the molecule is COC/C=C/c1cc(-c2n[nH]c3c2CCC(C)(C)C3)cc(NCc2cccnc2)n1. The summed E-state index contributed by atoms with van der Waals surface area (Å²) in [6.45, 7) is 5.86. The van der Waals surface area contributed by atoms with Gasteiger partial charge in [-0.1, -0.05) is 26.0 Å². The van der Waals surface area contributed by atoms with Gasteiger partial charge in [-0.2, -0.15) is 5.10 Å². The summed E-state index contributed by atoms with van der Waals surface area (Å²) < 4.78 is 5.14. The molecule has 0 spiro atoms. The first-order chi connectivity index (χ1) is 14.5. The highest BCUT2D eigenvalue weighted by molar-refractivity contribution is 5.70. The second-order valence-corrected chi connectivity index (χ2v) is 8.61. The van der Waals surface area contributed by atoms with E-state index in [2.05, 4.69) is 47.4 Å². The summed E-state index contributed by atoms with van der Waals surface area (Å²) in [7, 11) is 1.69. The molecule has 3 aromatic rings. The van der Waals surface area contributed by atoms with Crippen LogP contribution in [0.25, 0.3) is 17.3 Å². The van der Waals surface area contributed by atoms with E-state index >= 15 is 0 Å². The number of hydrogen-bond acceptors (Lipinski definition) is 5. The van der Waals surface area contributed by atoms with Gasteiger partial charge in [-0.15, -0.1) is 0 Å². The van der Waals surface area contributed by atoms with Crippen LogP contribution >= 0.6 is 0 Å². The van der Waals surface area contributed by atoms with Gasteiger partial charge in [-0.3, -0.25) is 10.1 Å². The molecular weight excluding hydrogens is 374 g/mol. The highest BCUT2D eigenvalue weighted by Crippen LogP contribution is 2.38. The largest absolute Gasteiger partial charge is 0.381 e. The Labute approximate surface area is 177 Å². The summed E-state index contributed by atoms with van der Waals surface area (Å²) in [6.07, 6.45) is 10.9. The second-order valence-electron chi connectivity index (χ2n) is 8.61. The molecule has 6 nitrogen and oxygen atoms in total. The van der Waals surface area contributed by atoms with E-state index < -0.39 is 0 Å². The molecule has 0 aliphatic heterocycles. The Hall–Kier alpha value is -2.99. The number of methoxy groups -OCH3 is 1. The first-order valence-corrected chi connectivity index (χ1v) is 10.4. The lowest BCUT2D eigenvalue weighted by atomic mass is 9.76. The monoisotopic (exact) mass is 403 g/mol. The van der Waals surface area contributed by atoms with Crippen molar-refractivity contribution in [2.45, 2.75) is 39.7 Å². The van der Waals surface area contributed by atoms with E-state index in [4.69, 9.17) is 14.8 Å². The van der Waals surface area contributed by atoms with Crippen molar-refractivity contribution in [2.24, 2.45) is 5.41 Å². The number of hydrogen-bond donors (Lipinski definition) is 2. The first kappa shape index (κ1) is 20.3. The van der Waals surface area contributed by atoms with Crippen molar-refractivity contribution in [3.63, 3.8) is 0 Å². The Morgan fingerprint density at radius 2 is 2.20 bits per heavy atom. The van der Waals surface area contributed by atoms with E-state index in [0.29, 0.717) is 18.6 Å². The molecule has 156 valence electrons. The maximum Gasteiger partial charge on any atom is 0.127 e. The average Bonchev–Trinajstić information content (AvgIpc) is 3.15. The van der Waals surface area contributed by atoms with Crippen LogP contribution in [-0.2, 0) is 24.1 Å². The molecule has 2 N–H and O–H groups in total. The van der Waals surface area contributed by atoms with Crippen LogP contribution in [0.1, 0.15) is 42.8 Å². The number of fused-ring (bicyclic) bond motifs is 1. The zero-order valence-electron chi connectivity index (χ0n) is 17.9. The van der Waals surface area contributed by atoms with E-state index in [1.165, 1.54) is 17.7 Å². The van der Waals surface area contributed by atoms with Crippen LogP contribution in [0.3, 0.4) is 0 Å². The van der Waals surface area contributed by atoms with Crippen molar-refractivity contribution >= 4 is 11.9 Å². The molecule has 0 bridgehead atoms. The lowest BCUT2D eigenvalue weighted by Gasteiger charge is -2.29. The highest BCUT2D eigenvalue weighted by atomic mass is 16.5. The lowest BCUT2D eigenvalue weighted by molar-refractivity contribution is 0.234. The third-order valence-electron chi connectivity index (χ3n) is 5.53. The molecular formula is C24H29N5O. The van der Waals surface area contributed by atoms with Gasteiger partial charge in [0.05, 0.1) is 18.0 Å². The molecule has 0 atom stereocenters. The molecule has 1 aliphatic rings. The van der Waals surface area contributed by atoms with Gasteiger partial charge in [0, 0.05) is 42.9 Å². The Morgan fingerprint density at radius 1 is 1.30 bits per heavy atom. The number of nitrogens with one attached hydrogen (secondary N) is 2. The van der Waals surface area contributed by atoms with Crippen molar-refractivity contribution in [3.05, 3.63) is 65.2 Å². The van der Waals surface area contributed by atoms with Gasteiger partial charge in [0.2, 0.25) is 0 Å². The van der Waals surface area contributed by atoms with E-state index in [-0.39, 0.29) is 0 Å². The van der Waals surface area contributed by atoms with Gasteiger partial charge < -0.3 is 10.1 Å².